The fourth-order valence-corrected chi connectivity index (χ4v) is 3.69. The molecule has 0 aliphatic heterocycles. The molecule has 2 aromatic carbocycles. The lowest BCUT2D eigenvalue weighted by Gasteiger charge is -2.20. The van der Waals surface area contributed by atoms with Crippen molar-refractivity contribution < 1.29 is 14.7 Å². The standard InChI is InChI=1S/C25H28N2O3/c1-4-22(28)25(2,3)15-19-16-26-23(27-19)14-11-17-9-12-18(13-10-17)20-7-5-6-8-21(20)24(29)30/h5-10,12-13,16H,4,11,14-15H2,1-3H3,(H,26,27)(H,29,30). The number of nitrogens with zero attached hydrogens (tertiary/aromatic N) is 1. The molecule has 1 aromatic heterocycles. The lowest BCUT2D eigenvalue weighted by molar-refractivity contribution is -0.126. The number of H-pyrrole nitrogens is 1. The first-order valence-corrected chi connectivity index (χ1v) is 10.3. The van der Waals surface area contributed by atoms with Crippen molar-refractivity contribution in [1.29, 1.82) is 0 Å². The van der Waals surface area contributed by atoms with E-state index in [1.54, 1.807) is 12.1 Å². The summed E-state index contributed by atoms with van der Waals surface area (Å²) in [5.41, 5.74) is 3.58. The van der Waals surface area contributed by atoms with Crippen LogP contribution in [0, 0.1) is 5.41 Å². The zero-order chi connectivity index (χ0) is 21.7. The molecule has 0 amide bonds. The molecule has 0 unspecified atom stereocenters. The second kappa shape index (κ2) is 9.08. The highest BCUT2D eigenvalue weighted by Crippen LogP contribution is 2.25. The third-order valence-corrected chi connectivity index (χ3v) is 5.46. The van der Waals surface area contributed by atoms with Gasteiger partial charge in [0.25, 0.3) is 0 Å². The van der Waals surface area contributed by atoms with E-state index in [-0.39, 0.29) is 5.78 Å². The van der Waals surface area contributed by atoms with Gasteiger partial charge in [0.1, 0.15) is 11.6 Å². The quantitative estimate of drug-likeness (QED) is 0.519. The summed E-state index contributed by atoms with van der Waals surface area (Å²) in [4.78, 5) is 31.4. The van der Waals surface area contributed by atoms with E-state index in [2.05, 4.69) is 9.97 Å². The number of aromatic amines is 1. The summed E-state index contributed by atoms with van der Waals surface area (Å²) in [7, 11) is 0. The van der Waals surface area contributed by atoms with E-state index in [1.165, 1.54) is 0 Å². The van der Waals surface area contributed by atoms with Crippen LogP contribution in [0.15, 0.2) is 54.7 Å². The Balaban J connectivity index is 1.63. The normalized spacial score (nSPS) is 11.4. The molecular weight excluding hydrogens is 376 g/mol. The van der Waals surface area contributed by atoms with Crippen LogP contribution in [0.2, 0.25) is 0 Å². The molecule has 30 heavy (non-hydrogen) atoms. The molecule has 0 saturated heterocycles. The zero-order valence-electron chi connectivity index (χ0n) is 17.7. The second-order valence-corrected chi connectivity index (χ2v) is 8.22. The summed E-state index contributed by atoms with van der Waals surface area (Å²) in [5.74, 6) is 0.230. The van der Waals surface area contributed by atoms with Crippen LogP contribution in [-0.4, -0.2) is 26.8 Å². The predicted molar refractivity (Wildman–Crippen MR) is 118 cm³/mol. The van der Waals surface area contributed by atoms with E-state index < -0.39 is 11.4 Å². The molecule has 0 atom stereocenters. The van der Waals surface area contributed by atoms with Gasteiger partial charge < -0.3 is 10.1 Å². The fraction of sp³-hybridized carbons (Fsp3) is 0.320. The number of rotatable bonds is 9. The topological polar surface area (TPSA) is 83.0 Å². The van der Waals surface area contributed by atoms with Crippen LogP contribution in [0.1, 0.15) is 54.6 Å². The third-order valence-electron chi connectivity index (χ3n) is 5.46. The molecule has 0 saturated carbocycles. The average molecular weight is 405 g/mol. The Morgan fingerprint density at radius 1 is 1.03 bits per heavy atom. The maximum absolute atomic E-state index is 12.1. The molecule has 0 radical (unpaired) electrons. The zero-order valence-corrected chi connectivity index (χ0v) is 17.7. The molecule has 5 heteroatoms. The van der Waals surface area contributed by atoms with Crippen LogP contribution in [0.3, 0.4) is 0 Å². The second-order valence-electron chi connectivity index (χ2n) is 8.22. The third kappa shape index (κ3) is 5.03. The number of nitrogens with one attached hydrogen (secondary N) is 1. The summed E-state index contributed by atoms with van der Waals surface area (Å²) < 4.78 is 0. The van der Waals surface area contributed by atoms with Gasteiger partial charge in [-0.2, -0.15) is 0 Å². The van der Waals surface area contributed by atoms with E-state index >= 15 is 0 Å². The number of carbonyl (C=O) groups excluding carboxylic acids is 1. The molecule has 0 fully saturated rings. The number of aromatic carboxylic acids is 1. The molecular formula is C25H28N2O3. The minimum Gasteiger partial charge on any atom is -0.478 e. The van der Waals surface area contributed by atoms with Gasteiger partial charge in [0.2, 0.25) is 0 Å². The smallest absolute Gasteiger partial charge is 0.336 e. The molecule has 3 aromatic rings. The molecule has 0 aliphatic rings. The number of Topliss-reactive ketones (excluding diaryl/α,β-unsaturated/α-hetero) is 1. The van der Waals surface area contributed by atoms with E-state index in [9.17, 15) is 14.7 Å². The number of imidazole rings is 1. The highest BCUT2D eigenvalue weighted by Gasteiger charge is 2.27. The minimum atomic E-state index is -0.924. The first-order chi connectivity index (χ1) is 14.3. The van der Waals surface area contributed by atoms with Crippen molar-refractivity contribution in [2.45, 2.75) is 46.5 Å². The highest BCUT2D eigenvalue weighted by molar-refractivity contribution is 5.96. The van der Waals surface area contributed by atoms with E-state index in [4.69, 9.17) is 0 Å². The summed E-state index contributed by atoms with van der Waals surface area (Å²) in [6, 6.07) is 15.0. The Hall–Kier alpha value is -3.21. The van der Waals surface area contributed by atoms with Crippen LogP contribution < -0.4 is 0 Å². The van der Waals surface area contributed by atoms with Crippen molar-refractivity contribution in [2.75, 3.05) is 0 Å². The van der Waals surface area contributed by atoms with Crippen molar-refractivity contribution in [1.82, 2.24) is 9.97 Å². The largest absolute Gasteiger partial charge is 0.478 e. The van der Waals surface area contributed by atoms with Crippen LogP contribution in [0.5, 0.6) is 0 Å². The molecule has 0 spiro atoms. The van der Waals surface area contributed by atoms with E-state index in [1.807, 2.05) is 63.4 Å². The molecule has 156 valence electrons. The lowest BCUT2D eigenvalue weighted by atomic mass is 9.82. The highest BCUT2D eigenvalue weighted by atomic mass is 16.4. The first-order valence-electron chi connectivity index (χ1n) is 10.3. The van der Waals surface area contributed by atoms with Crippen LogP contribution in [0.4, 0.5) is 0 Å². The number of carbonyl (C=O) groups is 2. The van der Waals surface area contributed by atoms with Crippen molar-refractivity contribution in [2.24, 2.45) is 5.41 Å². The van der Waals surface area contributed by atoms with Crippen molar-refractivity contribution in [3.8, 4) is 11.1 Å². The van der Waals surface area contributed by atoms with Crippen molar-refractivity contribution in [3.63, 3.8) is 0 Å². The molecule has 1 heterocycles. The SMILES string of the molecule is CCC(=O)C(C)(C)Cc1c[nH]c(CCc2ccc(-c3ccccc3C(=O)O)cc2)n1. The summed E-state index contributed by atoms with van der Waals surface area (Å²) in [5, 5.41) is 9.38. The van der Waals surface area contributed by atoms with E-state index in [0.29, 0.717) is 18.4 Å². The van der Waals surface area contributed by atoms with Gasteiger partial charge >= 0.3 is 5.97 Å². The number of carboxylic acid groups (broad SMARTS) is 1. The predicted octanol–water partition coefficient (Wildman–Crippen LogP) is 5.11. The summed E-state index contributed by atoms with van der Waals surface area (Å²) in [6.45, 7) is 5.83. The Bertz CT molecular complexity index is 1030. The monoisotopic (exact) mass is 404 g/mol. The Labute approximate surface area is 177 Å². The first kappa shape index (κ1) is 21.5. The Kier molecular flexibility index (Phi) is 6.50. The molecule has 0 bridgehead atoms. The summed E-state index contributed by atoms with van der Waals surface area (Å²) in [6.07, 6.45) is 4.66. The van der Waals surface area contributed by atoms with Gasteiger partial charge in [-0.1, -0.05) is 63.2 Å². The molecule has 5 nitrogen and oxygen atoms in total. The van der Waals surface area contributed by atoms with Crippen molar-refractivity contribution in [3.05, 3.63) is 77.4 Å². The van der Waals surface area contributed by atoms with Gasteiger partial charge in [-0.05, 0) is 29.2 Å². The van der Waals surface area contributed by atoms with Gasteiger partial charge in [0, 0.05) is 30.9 Å². The van der Waals surface area contributed by atoms with Gasteiger partial charge in [-0.15, -0.1) is 0 Å². The van der Waals surface area contributed by atoms with Gasteiger partial charge in [0.15, 0.2) is 0 Å². The number of aryl methyl sites for hydroxylation is 2. The molecule has 2 N–H and O–H groups in total. The number of hydrogen-bond acceptors (Lipinski definition) is 3. The van der Waals surface area contributed by atoms with Crippen LogP contribution in [-0.2, 0) is 24.1 Å². The van der Waals surface area contributed by atoms with Crippen molar-refractivity contribution >= 4 is 11.8 Å². The molecule has 0 aliphatic carbocycles. The maximum Gasteiger partial charge on any atom is 0.336 e. The van der Waals surface area contributed by atoms with E-state index in [0.717, 1.165) is 41.1 Å². The minimum absolute atomic E-state index is 0.247. The average Bonchev–Trinajstić information content (AvgIpc) is 3.18. The number of carboxylic acids is 1. The number of benzene rings is 2. The fourth-order valence-electron chi connectivity index (χ4n) is 3.69. The van der Waals surface area contributed by atoms with Crippen LogP contribution >= 0.6 is 0 Å². The lowest BCUT2D eigenvalue weighted by Crippen LogP contribution is -2.26. The maximum atomic E-state index is 12.1. The van der Waals surface area contributed by atoms with Gasteiger partial charge in [0.05, 0.1) is 11.3 Å². The van der Waals surface area contributed by atoms with Gasteiger partial charge in [-0.25, -0.2) is 9.78 Å². The number of hydrogen-bond donors (Lipinski definition) is 2. The number of aromatic nitrogens is 2. The Morgan fingerprint density at radius 3 is 2.40 bits per heavy atom. The molecule has 3 rings (SSSR count). The number of ketones is 1. The van der Waals surface area contributed by atoms with Crippen LogP contribution in [0.25, 0.3) is 11.1 Å². The summed E-state index contributed by atoms with van der Waals surface area (Å²) >= 11 is 0. The Morgan fingerprint density at radius 2 is 1.73 bits per heavy atom. The van der Waals surface area contributed by atoms with Gasteiger partial charge in [-0.3, -0.25) is 4.79 Å².